The molecule has 214 valence electrons. The summed E-state index contributed by atoms with van der Waals surface area (Å²) in [5.41, 5.74) is -3.14. The molecule has 2 saturated heterocycles. The van der Waals surface area contributed by atoms with Crippen molar-refractivity contribution in [2.75, 3.05) is 6.61 Å². The summed E-state index contributed by atoms with van der Waals surface area (Å²) in [6.07, 6.45) is -1.07. The van der Waals surface area contributed by atoms with E-state index in [-0.39, 0.29) is 22.5 Å². The van der Waals surface area contributed by atoms with Crippen molar-refractivity contribution >= 4 is 37.2 Å². The molecule has 0 amide bonds. The van der Waals surface area contributed by atoms with E-state index in [2.05, 4.69) is 52.4 Å². The smallest absolute Gasteiger partial charge is 0.330 e. The van der Waals surface area contributed by atoms with Crippen LogP contribution in [0.15, 0.2) is 34.0 Å². The van der Waals surface area contributed by atoms with Crippen LogP contribution in [0.4, 0.5) is 4.39 Å². The maximum absolute atomic E-state index is 16.1. The molecule has 1 aliphatic carbocycles. The molecule has 8 nitrogen and oxygen atoms in total. The van der Waals surface area contributed by atoms with Gasteiger partial charge in [0, 0.05) is 17.0 Å². The van der Waals surface area contributed by atoms with Gasteiger partial charge in [0.25, 0.3) is 5.56 Å². The molecule has 38 heavy (non-hydrogen) atoms. The number of ether oxygens (including phenoxy) is 1. The lowest BCUT2D eigenvalue weighted by Crippen LogP contribution is -2.44. The third kappa shape index (κ3) is 6.03. The Labute approximate surface area is 234 Å². The van der Waals surface area contributed by atoms with Gasteiger partial charge in [0.15, 0.2) is 20.7 Å². The van der Waals surface area contributed by atoms with Crippen LogP contribution in [0.2, 0.25) is 18.1 Å². The number of rotatable bonds is 7. The Kier molecular flexibility index (Phi) is 8.53. The third-order valence-electron chi connectivity index (χ3n) is 8.50. The lowest BCUT2D eigenvalue weighted by Gasteiger charge is -2.37. The quantitative estimate of drug-likeness (QED) is 0.241. The zero-order chi connectivity index (χ0) is 28.3. The van der Waals surface area contributed by atoms with Crippen molar-refractivity contribution < 1.29 is 22.6 Å². The van der Waals surface area contributed by atoms with Gasteiger partial charge in [-0.15, -0.1) is 0 Å². The van der Waals surface area contributed by atoms with Gasteiger partial charge in [0.1, 0.15) is 12.2 Å². The largest absolute Gasteiger partial charge is 0.414 e. The Morgan fingerprint density at radius 2 is 2.11 bits per heavy atom. The zero-order valence-electron chi connectivity index (χ0n) is 23.2. The van der Waals surface area contributed by atoms with Crippen molar-refractivity contribution in [2.24, 2.45) is 5.92 Å². The van der Waals surface area contributed by atoms with Crippen molar-refractivity contribution in [2.45, 2.75) is 107 Å². The second kappa shape index (κ2) is 10.7. The second-order valence-electron chi connectivity index (χ2n) is 12.4. The molecule has 1 aromatic heterocycles. The Morgan fingerprint density at radius 1 is 1.42 bits per heavy atom. The van der Waals surface area contributed by atoms with Gasteiger partial charge in [-0.05, 0) is 69.0 Å². The average Bonchev–Trinajstić information content (AvgIpc) is 3.23. The Balaban J connectivity index is 1.59. The predicted molar refractivity (Wildman–Crippen MR) is 155 cm³/mol. The number of alkyl halides is 1. The van der Waals surface area contributed by atoms with Gasteiger partial charge in [0.2, 0.25) is 5.69 Å². The molecule has 0 aromatic carbocycles. The number of aromatic amines is 1. The standard InChI is InChI=1S/C25H40FN2O6PS2Si/c1-15(2)16-9-11-25(6)18(13-16)33-35(36,37-25)34-21-17(14-31-38(7,8)24(3,4)5)32-22(20(21)26)28-12-10-19(29)27-23(28)30/h10,12,16-18,20-22H,1,9,11,13-14H2,2-8H3,(H,27,29,30)/t16-,17-,18+,20-,21-,22-,25+,35?/m1/s1. The van der Waals surface area contributed by atoms with E-state index in [1.54, 1.807) is 0 Å². The maximum Gasteiger partial charge on any atom is 0.330 e. The molecule has 0 radical (unpaired) electrons. The number of aromatic nitrogens is 2. The van der Waals surface area contributed by atoms with Crippen LogP contribution in [0.1, 0.15) is 60.1 Å². The van der Waals surface area contributed by atoms with E-state index in [1.165, 1.54) is 17.6 Å². The predicted octanol–water partition coefficient (Wildman–Crippen LogP) is 5.67. The van der Waals surface area contributed by atoms with Gasteiger partial charge in [-0.3, -0.25) is 14.3 Å². The number of hydrogen-bond acceptors (Lipinski definition) is 8. The minimum atomic E-state index is -2.95. The van der Waals surface area contributed by atoms with E-state index in [0.717, 1.165) is 35.5 Å². The summed E-state index contributed by atoms with van der Waals surface area (Å²) in [7, 11) is -2.20. The molecule has 13 heteroatoms. The molecule has 1 unspecified atom stereocenters. The van der Waals surface area contributed by atoms with Crippen LogP contribution in [0.25, 0.3) is 0 Å². The van der Waals surface area contributed by atoms with Crippen LogP contribution < -0.4 is 11.2 Å². The molecule has 1 N–H and O–H groups in total. The SMILES string of the molecule is C=C(C)[C@@H]1CC[C@]2(C)SP(=S)(O[C@H]3[C@@H](F)[C@H](n4ccc(=O)[nH]c4=O)O[C@@H]3CO[Si](C)(C)C(C)(C)C)O[C@H]2C1. The summed E-state index contributed by atoms with van der Waals surface area (Å²) in [5, 5.41) is -0.0624. The maximum atomic E-state index is 16.1. The van der Waals surface area contributed by atoms with Crippen LogP contribution >= 0.6 is 17.1 Å². The third-order valence-corrected chi connectivity index (χ3v) is 18.7. The second-order valence-corrected chi connectivity index (χ2v) is 23.8. The first kappa shape index (κ1) is 30.4. The van der Waals surface area contributed by atoms with Gasteiger partial charge >= 0.3 is 5.69 Å². The highest BCUT2D eigenvalue weighted by molar-refractivity contribution is 8.68. The lowest BCUT2D eigenvalue weighted by atomic mass is 9.77. The highest BCUT2D eigenvalue weighted by Crippen LogP contribution is 2.76. The summed E-state index contributed by atoms with van der Waals surface area (Å²) < 4.78 is 42.3. The van der Waals surface area contributed by atoms with E-state index in [9.17, 15) is 9.59 Å². The molecule has 8 atom stereocenters. The molecule has 3 fully saturated rings. The van der Waals surface area contributed by atoms with Crippen LogP contribution in [0.5, 0.6) is 0 Å². The molecular weight excluding hydrogens is 566 g/mol. The summed E-state index contributed by atoms with van der Waals surface area (Å²) in [6.45, 7) is 19.0. The van der Waals surface area contributed by atoms with Crippen molar-refractivity contribution in [3.8, 4) is 0 Å². The Bertz CT molecular complexity index is 1240. The number of hydrogen-bond donors (Lipinski definition) is 1. The number of halogens is 1. The monoisotopic (exact) mass is 606 g/mol. The number of nitrogens with one attached hydrogen (secondary N) is 1. The summed E-state index contributed by atoms with van der Waals surface area (Å²) in [5.74, 6) is 0.362. The van der Waals surface area contributed by atoms with Crippen molar-refractivity contribution in [3.63, 3.8) is 0 Å². The van der Waals surface area contributed by atoms with E-state index in [4.69, 9.17) is 30.0 Å². The van der Waals surface area contributed by atoms with Crippen molar-refractivity contribution in [1.29, 1.82) is 0 Å². The topological polar surface area (TPSA) is 91.8 Å². The minimum absolute atomic E-state index is 0.0624. The van der Waals surface area contributed by atoms with Crippen LogP contribution in [-0.2, 0) is 30.0 Å². The fourth-order valence-corrected chi connectivity index (χ4v) is 13.4. The number of nitrogens with zero attached hydrogens (tertiary/aromatic N) is 1. The molecule has 1 saturated carbocycles. The molecular formula is C25H40FN2O6PS2Si. The summed E-state index contributed by atoms with van der Waals surface area (Å²) in [4.78, 5) is 26.2. The molecule has 3 heterocycles. The minimum Gasteiger partial charge on any atom is -0.414 e. The average molecular weight is 607 g/mol. The molecule has 1 aromatic rings. The van der Waals surface area contributed by atoms with E-state index < -0.39 is 49.9 Å². The number of allylic oxidation sites excluding steroid dienone is 1. The first-order valence-corrected chi connectivity index (χ1v) is 20.0. The summed E-state index contributed by atoms with van der Waals surface area (Å²) in [6, 6.07) is 1.16. The molecule has 4 rings (SSSR count). The van der Waals surface area contributed by atoms with Gasteiger partial charge < -0.3 is 18.2 Å². The number of H-pyrrole nitrogens is 1. The number of fused-ring (bicyclic) bond motifs is 1. The van der Waals surface area contributed by atoms with Crippen LogP contribution in [-0.4, -0.2) is 53.7 Å². The van der Waals surface area contributed by atoms with Gasteiger partial charge in [-0.1, -0.05) is 44.3 Å². The van der Waals surface area contributed by atoms with E-state index >= 15 is 4.39 Å². The highest BCUT2D eigenvalue weighted by atomic mass is 32.9. The fourth-order valence-electron chi connectivity index (χ4n) is 4.89. The zero-order valence-corrected chi connectivity index (χ0v) is 26.7. The van der Waals surface area contributed by atoms with Crippen LogP contribution in [0, 0.1) is 5.92 Å². The molecule has 2 aliphatic heterocycles. The van der Waals surface area contributed by atoms with Crippen LogP contribution in [0.3, 0.4) is 0 Å². The molecule has 3 aliphatic rings. The van der Waals surface area contributed by atoms with Crippen molar-refractivity contribution in [3.05, 3.63) is 45.3 Å². The lowest BCUT2D eigenvalue weighted by molar-refractivity contribution is -0.0448. The van der Waals surface area contributed by atoms with Crippen molar-refractivity contribution in [1.82, 2.24) is 9.55 Å². The Morgan fingerprint density at radius 3 is 2.71 bits per heavy atom. The fraction of sp³-hybridized carbons (Fsp3) is 0.760. The van der Waals surface area contributed by atoms with E-state index in [0.29, 0.717) is 5.92 Å². The highest BCUT2D eigenvalue weighted by Gasteiger charge is 2.57. The normalized spacial score (nSPS) is 37.8. The molecule has 0 bridgehead atoms. The molecule has 0 spiro atoms. The Hall–Kier alpha value is -0.593. The van der Waals surface area contributed by atoms with E-state index in [1.807, 2.05) is 6.92 Å². The summed E-state index contributed by atoms with van der Waals surface area (Å²) >= 11 is 7.47. The van der Waals surface area contributed by atoms with Gasteiger partial charge in [-0.2, -0.15) is 0 Å². The van der Waals surface area contributed by atoms with Gasteiger partial charge in [0.05, 0.1) is 12.7 Å². The first-order chi connectivity index (χ1) is 17.4. The first-order valence-electron chi connectivity index (χ1n) is 13.0. The van der Waals surface area contributed by atoms with Gasteiger partial charge in [-0.25, -0.2) is 9.18 Å².